The van der Waals surface area contributed by atoms with E-state index >= 15 is 0 Å². The largest absolute Gasteiger partial charge is 0.306 e. The number of thiophene rings is 1. The predicted octanol–water partition coefficient (Wildman–Crippen LogP) is 4.94. The quantitative estimate of drug-likeness (QED) is 0.824. The van der Waals surface area contributed by atoms with Gasteiger partial charge in [0.1, 0.15) is 5.82 Å². The molecular weight excluding hydrogens is 281 g/mol. The molecule has 2 rings (SSSR count). The van der Waals surface area contributed by atoms with Gasteiger partial charge in [-0.05, 0) is 49.2 Å². The summed E-state index contributed by atoms with van der Waals surface area (Å²) in [7, 11) is 0. The van der Waals surface area contributed by atoms with Crippen molar-refractivity contribution in [3.63, 3.8) is 0 Å². The van der Waals surface area contributed by atoms with Crippen molar-refractivity contribution >= 4 is 22.9 Å². The molecular formula is C15H17ClFNS. The number of hydrogen-bond acceptors (Lipinski definition) is 2. The van der Waals surface area contributed by atoms with E-state index in [2.05, 4.69) is 18.3 Å². The number of aryl methyl sites for hydroxylation is 1. The zero-order valence-corrected chi connectivity index (χ0v) is 12.6. The molecule has 19 heavy (non-hydrogen) atoms. The summed E-state index contributed by atoms with van der Waals surface area (Å²) in [6.07, 6.45) is 1.03. The SMILES string of the molecule is CCCNC(c1cccc(F)c1)c1cc(C)c(Cl)s1. The molecule has 0 aliphatic carbocycles. The highest BCUT2D eigenvalue weighted by atomic mass is 35.5. The van der Waals surface area contributed by atoms with E-state index in [4.69, 9.17) is 11.6 Å². The van der Waals surface area contributed by atoms with Gasteiger partial charge in [-0.1, -0.05) is 30.7 Å². The molecule has 0 bridgehead atoms. The molecule has 0 saturated carbocycles. The van der Waals surface area contributed by atoms with E-state index in [1.54, 1.807) is 23.5 Å². The van der Waals surface area contributed by atoms with Crippen molar-refractivity contribution in [2.24, 2.45) is 0 Å². The molecule has 0 aliphatic rings. The van der Waals surface area contributed by atoms with Gasteiger partial charge in [0, 0.05) is 4.88 Å². The Kier molecular flexibility index (Phi) is 4.97. The average Bonchev–Trinajstić information content (AvgIpc) is 2.70. The maximum absolute atomic E-state index is 13.4. The van der Waals surface area contributed by atoms with Crippen LogP contribution in [0.15, 0.2) is 30.3 Å². The highest BCUT2D eigenvalue weighted by molar-refractivity contribution is 7.16. The van der Waals surface area contributed by atoms with Gasteiger partial charge >= 0.3 is 0 Å². The Bertz CT molecular complexity index is 533. The number of rotatable bonds is 5. The molecule has 1 heterocycles. The van der Waals surface area contributed by atoms with Gasteiger partial charge in [-0.25, -0.2) is 4.39 Å². The van der Waals surface area contributed by atoms with Gasteiger partial charge in [0.05, 0.1) is 10.4 Å². The van der Waals surface area contributed by atoms with Crippen molar-refractivity contribution in [2.75, 3.05) is 6.54 Å². The van der Waals surface area contributed by atoms with Gasteiger partial charge in [0.2, 0.25) is 0 Å². The smallest absolute Gasteiger partial charge is 0.123 e. The third kappa shape index (κ3) is 3.56. The molecule has 4 heteroatoms. The first-order valence-electron chi connectivity index (χ1n) is 6.36. The molecule has 1 aromatic heterocycles. The second-order valence-corrected chi connectivity index (χ2v) is 6.23. The molecule has 2 aromatic rings. The first kappa shape index (κ1) is 14.5. The van der Waals surface area contributed by atoms with Gasteiger partial charge in [-0.15, -0.1) is 11.3 Å². The lowest BCUT2D eigenvalue weighted by molar-refractivity contribution is 0.591. The number of halogens is 2. The lowest BCUT2D eigenvalue weighted by atomic mass is 10.0. The van der Waals surface area contributed by atoms with Gasteiger partial charge in [0.15, 0.2) is 0 Å². The van der Waals surface area contributed by atoms with Crippen LogP contribution in [0, 0.1) is 12.7 Å². The van der Waals surface area contributed by atoms with E-state index < -0.39 is 0 Å². The van der Waals surface area contributed by atoms with Crippen LogP contribution in [0.3, 0.4) is 0 Å². The fourth-order valence-corrected chi connectivity index (χ4v) is 3.30. The maximum Gasteiger partial charge on any atom is 0.123 e. The van der Waals surface area contributed by atoms with E-state index in [1.807, 2.05) is 13.0 Å². The first-order valence-corrected chi connectivity index (χ1v) is 7.56. The summed E-state index contributed by atoms with van der Waals surface area (Å²) in [5.74, 6) is -0.208. The summed E-state index contributed by atoms with van der Waals surface area (Å²) in [6.45, 7) is 4.99. The summed E-state index contributed by atoms with van der Waals surface area (Å²) in [5.41, 5.74) is 2.01. The van der Waals surface area contributed by atoms with Crippen LogP contribution < -0.4 is 5.32 Å². The molecule has 0 spiro atoms. The van der Waals surface area contributed by atoms with Crippen molar-refractivity contribution in [1.29, 1.82) is 0 Å². The number of nitrogens with one attached hydrogen (secondary N) is 1. The standard InChI is InChI=1S/C15H17ClFNS/c1-3-7-18-14(11-5-4-6-12(17)9-11)13-8-10(2)15(16)19-13/h4-6,8-9,14,18H,3,7H2,1-2H3. The van der Waals surface area contributed by atoms with Crippen molar-refractivity contribution in [3.05, 3.63) is 56.5 Å². The van der Waals surface area contributed by atoms with Gasteiger partial charge in [0.25, 0.3) is 0 Å². The van der Waals surface area contributed by atoms with Crippen LogP contribution in [0.5, 0.6) is 0 Å². The van der Waals surface area contributed by atoms with Gasteiger partial charge < -0.3 is 5.32 Å². The van der Waals surface area contributed by atoms with Crippen LogP contribution >= 0.6 is 22.9 Å². The van der Waals surface area contributed by atoms with E-state index in [1.165, 1.54) is 6.07 Å². The molecule has 1 aromatic carbocycles. The molecule has 0 aliphatic heterocycles. The minimum Gasteiger partial charge on any atom is -0.306 e. The van der Waals surface area contributed by atoms with Crippen LogP contribution in [0.25, 0.3) is 0 Å². The van der Waals surface area contributed by atoms with Crippen molar-refractivity contribution in [1.82, 2.24) is 5.32 Å². The topological polar surface area (TPSA) is 12.0 Å². The zero-order valence-electron chi connectivity index (χ0n) is 11.0. The lowest BCUT2D eigenvalue weighted by Gasteiger charge is -2.17. The van der Waals surface area contributed by atoms with Gasteiger partial charge in [-0.3, -0.25) is 0 Å². The minimum absolute atomic E-state index is 0.00634. The summed E-state index contributed by atoms with van der Waals surface area (Å²) in [6, 6.07) is 8.81. The summed E-state index contributed by atoms with van der Waals surface area (Å²) >= 11 is 7.70. The maximum atomic E-state index is 13.4. The van der Waals surface area contributed by atoms with Crippen LogP contribution in [0.2, 0.25) is 4.34 Å². The number of hydrogen-bond donors (Lipinski definition) is 1. The average molecular weight is 298 g/mol. The lowest BCUT2D eigenvalue weighted by Crippen LogP contribution is -2.22. The molecule has 102 valence electrons. The molecule has 1 nitrogen and oxygen atoms in total. The Morgan fingerprint density at radius 1 is 1.37 bits per heavy atom. The highest BCUT2D eigenvalue weighted by Crippen LogP contribution is 2.34. The molecule has 0 fully saturated rings. The molecule has 0 amide bonds. The molecule has 1 N–H and O–H groups in total. The zero-order chi connectivity index (χ0) is 13.8. The van der Waals surface area contributed by atoms with E-state index in [-0.39, 0.29) is 11.9 Å². The first-order chi connectivity index (χ1) is 9.11. The molecule has 1 unspecified atom stereocenters. The van der Waals surface area contributed by atoms with Crippen molar-refractivity contribution in [2.45, 2.75) is 26.3 Å². The van der Waals surface area contributed by atoms with Crippen molar-refractivity contribution in [3.8, 4) is 0 Å². The molecule has 0 saturated heterocycles. The second kappa shape index (κ2) is 6.51. The van der Waals surface area contributed by atoms with Crippen LogP contribution in [0.1, 0.15) is 35.4 Å². The van der Waals surface area contributed by atoms with Gasteiger partial charge in [-0.2, -0.15) is 0 Å². The summed E-state index contributed by atoms with van der Waals surface area (Å²) < 4.78 is 14.2. The Labute approximate surface area is 122 Å². The Morgan fingerprint density at radius 3 is 2.74 bits per heavy atom. The normalized spacial score (nSPS) is 12.6. The Morgan fingerprint density at radius 2 is 2.16 bits per heavy atom. The Hall–Kier alpha value is -0.900. The Balaban J connectivity index is 2.35. The van der Waals surface area contributed by atoms with Crippen LogP contribution in [0.4, 0.5) is 4.39 Å². The molecule has 1 atom stereocenters. The monoisotopic (exact) mass is 297 g/mol. The summed E-state index contributed by atoms with van der Waals surface area (Å²) in [4.78, 5) is 1.13. The minimum atomic E-state index is -0.208. The van der Waals surface area contributed by atoms with E-state index in [0.717, 1.165) is 33.3 Å². The van der Waals surface area contributed by atoms with E-state index in [0.29, 0.717) is 0 Å². The fourth-order valence-electron chi connectivity index (χ4n) is 1.98. The second-order valence-electron chi connectivity index (χ2n) is 4.55. The third-order valence-corrected chi connectivity index (χ3v) is 4.56. The third-order valence-electron chi connectivity index (χ3n) is 2.94. The van der Waals surface area contributed by atoms with Crippen LogP contribution in [-0.2, 0) is 0 Å². The highest BCUT2D eigenvalue weighted by Gasteiger charge is 2.17. The van der Waals surface area contributed by atoms with E-state index in [9.17, 15) is 4.39 Å². The summed E-state index contributed by atoms with van der Waals surface area (Å²) in [5, 5.41) is 3.45. The van der Waals surface area contributed by atoms with Crippen molar-refractivity contribution < 1.29 is 4.39 Å². The van der Waals surface area contributed by atoms with Crippen LogP contribution in [-0.4, -0.2) is 6.54 Å². The number of benzene rings is 1. The molecule has 0 radical (unpaired) electrons. The fraction of sp³-hybridized carbons (Fsp3) is 0.333. The predicted molar refractivity (Wildman–Crippen MR) is 80.6 cm³/mol.